The van der Waals surface area contributed by atoms with Crippen molar-refractivity contribution in [3.8, 4) is 0 Å². The Hall–Kier alpha value is -3.74. The van der Waals surface area contributed by atoms with E-state index in [1.54, 1.807) is 24.7 Å². The van der Waals surface area contributed by atoms with Gasteiger partial charge >= 0.3 is 5.97 Å². The summed E-state index contributed by atoms with van der Waals surface area (Å²) < 4.78 is 0. The van der Waals surface area contributed by atoms with Gasteiger partial charge in [0.05, 0.1) is 5.41 Å². The van der Waals surface area contributed by atoms with Gasteiger partial charge in [-0.05, 0) is 48.1 Å². The van der Waals surface area contributed by atoms with Crippen LogP contribution in [0.5, 0.6) is 0 Å². The molecule has 33 heavy (non-hydrogen) atoms. The van der Waals surface area contributed by atoms with Gasteiger partial charge in [0.25, 0.3) is 0 Å². The highest BCUT2D eigenvalue weighted by atomic mass is 16.4. The third-order valence-electron chi connectivity index (χ3n) is 6.82. The Morgan fingerprint density at radius 2 is 1.82 bits per heavy atom. The summed E-state index contributed by atoms with van der Waals surface area (Å²) in [7, 11) is 0. The first-order valence-electron chi connectivity index (χ1n) is 11.4. The van der Waals surface area contributed by atoms with Crippen molar-refractivity contribution in [2.24, 2.45) is 5.41 Å². The lowest BCUT2D eigenvalue weighted by Gasteiger charge is -2.44. The van der Waals surface area contributed by atoms with Crippen LogP contribution in [0.1, 0.15) is 37.7 Å². The smallest absolute Gasteiger partial charge is 0.326 e. The van der Waals surface area contributed by atoms with Crippen molar-refractivity contribution in [1.82, 2.24) is 15.3 Å². The average molecular weight is 443 g/mol. The van der Waals surface area contributed by atoms with E-state index < -0.39 is 17.4 Å². The maximum absolute atomic E-state index is 12.3. The number of carbonyl (C=O) groups is 2. The van der Waals surface area contributed by atoms with Gasteiger partial charge in [0, 0.05) is 47.9 Å². The van der Waals surface area contributed by atoms with Crippen LogP contribution < -0.4 is 10.6 Å². The van der Waals surface area contributed by atoms with Crippen molar-refractivity contribution < 1.29 is 14.7 Å². The number of ketones is 1. The number of allylic oxidation sites excluding steroid dienone is 2. The van der Waals surface area contributed by atoms with Crippen LogP contribution in [0.4, 0.5) is 11.5 Å². The van der Waals surface area contributed by atoms with E-state index in [-0.39, 0.29) is 5.78 Å². The average Bonchev–Trinajstić information content (AvgIpc) is 2.85. The molecule has 0 saturated heterocycles. The van der Waals surface area contributed by atoms with Gasteiger partial charge in [-0.3, -0.25) is 9.78 Å². The Bertz CT molecular complexity index is 1220. The van der Waals surface area contributed by atoms with E-state index in [9.17, 15) is 14.7 Å². The Balaban J connectivity index is 1.28. The van der Waals surface area contributed by atoms with Crippen molar-refractivity contribution in [2.45, 2.75) is 44.6 Å². The summed E-state index contributed by atoms with van der Waals surface area (Å²) in [6, 6.07) is 10.8. The van der Waals surface area contributed by atoms with Crippen molar-refractivity contribution in [1.29, 1.82) is 0 Å². The highest BCUT2D eigenvalue weighted by molar-refractivity contribution is 6.05. The number of aromatic nitrogens is 2. The molecule has 1 unspecified atom stereocenters. The fourth-order valence-corrected chi connectivity index (χ4v) is 4.91. The summed E-state index contributed by atoms with van der Waals surface area (Å²) >= 11 is 0. The molecule has 2 aliphatic carbocycles. The van der Waals surface area contributed by atoms with Gasteiger partial charge in [-0.1, -0.05) is 31.4 Å². The van der Waals surface area contributed by atoms with Gasteiger partial charge in [-0.2, -0.15) is 0 Å². The van der Waals surface area contributed by atoms with Crippen LogP contribution in [0.3, 0.4) is 0 Å². The van der Waals surface area contributed by atoms with E-state index in [1.807, 2.05) is 36.4 Å². The van der Waals surface area contributed by atoms with Crippen molar-refractivity contribution in [3.05, 3.63) is 72.3 Å². The molecule has 7 heteroatoms. The number of rotatable bonds is 7. The monoisotopic (exact) mass is 442 g/mol. The number of nitrogens with one attached hydrogen (secondary N) is 2. The van der Waals surface area contributed by atoms with Gasteiger partial charge in [0.1, 0.15) is 11.9 Å². The minimum atomic E-state index is -0.920. The summed E-state index contributed by atoms with van der Waals surface area (Å²) in [4.78, 5) is 32.9. The zero-order valence-electron chi connectivity index (χ0n) is 18.3. The van der Waals surface area contributed by atoms with Crippen LogP contribution in [-0.2, 0) is 16.0 Å². The molecule has 168 valence electrons. The Kier molecular flexibility index (Phi) is 5.54. The predicted octanol–water partition coefficient (Wildman–Crippen LogP) is 4.38. The number of nitrogens with zero attached hydrogens (tertiary/aromatic N) is 2. The zero-order valence-corrected chi connectivity index (χ0v) is 18.3. The van der Waals surface area contributed by atoms with Crippen LogP contribution in [-0.4, -0.2) is 32.9 Å². The number of fused-ring (bicyclic) bond motifs is 1. The number of hydrogen-bond acceptors (Lipinski definition) is 6. The first-order valence-corrected chi connectivity index (χ1v) is 11.4. The predicted molar refractivity (Wildman–Crippen MR) is 126 cm³/mol. The lowest BCUT2D eigenvalue weighted by molar-refractivity contribution is -0.140. The second kappa shape index (κ2) is 8.65. The first kappa shape index (κ1) is 21.1. The molecule has 2 aromatic heterocycles. The molecule has 7 nitrogen and oxygen atoms in total. The van der Waals surface area contributed by atoms with Crippen molar-refractivity contribution in [3.63, 3.8) is 0 Å². The van der Waals surface area contributed by atoms with E-state index in [1.165, 1.54) is 0 Å². The normalized spacial score (nSPS) is 17.8. The topological polar surface area (TPSA) is 104 Å². The van der Waals surface area contributed by atoms with E-state index in [0.717, 1.165) is 65.6 Å². The van der Waals surface area contributed by atoms with Crippen LogP contribution >= 0.6 is 0 Å². The molecule has 3 N–H and O–H groups in total. The number of pyridine rings is 2. The van der Waals surface area contributed by atoms with E-state index in [4.69, 9.17) is 0 Å². The van der Waals surface area contributed by atoms with Crippen LogP contribution in [0.2, 0.25) is 0 Å². The van der Waals surface area contributed by atoms with E-state index >= 15 is 0 Å². The first-order chi connectivity index (χ1) is 16.0. The second-order valence-electron chi connectivity index (χ2n) is 8.88. The molecule has 1 spiro atoms. The minimum absolute atomic E-state index is 0.140. The third-order valence-corrected chi connectivity index (χ3v) is 6.82. The number of carboxylic acid groups (broad SMARTS) is 1. The molecule has 3 aromatic rings. The van der Waals surface area contributed by atoms with E-state index in [2.05, 4.69) is 20.6 Å². The number of carbonyl (C=O) groups excluding carboxylic acids is 1. The number of aliphatic carboxylic acids is 1. The van der Waals surface area contributed by atoms with Gasteiger partial charge in [-0.15, -0.1) is 0 Å². The lowest BCUT2D eigenvalue weighted by Crippen LogP contribution is -2.51. The maximum atomic E-state index is 12.3. The molecule has 2 aliphatic rings. The lowest BCUT2D eigenvalue weighted by atomic mass is 9.62. The number of anilines is 2. The molecule has 2 heterocycles. The highest BCUT2D eigenvalue weighted by Crippen LogP contribution is 2.48. The van der Waals surface area contributed by atoms with E-state index in [0.29, 0.717) is 6.42 Å². The van der Waals surface area contributed by atoms with Crippen molar-refractivity contribution >= 4 is 34.0 Å². The van der Waals surface area contributed by atoms with Gasteiger partial charge in [-0.25, -0.2) is 9.78 Å². The highest BCUT2D eigenvalue weighted by Gasteiger charge is 2.49. The molecule has 1 aromatic carbocycles. The quantitative estimate of drug-likeness (QED) is 0.499. The standard InChI is InChI=1S/C26H26N4O3/c31-23-15-22(26(23)10-2-1-3-11-26)30-21(25(32)33)14-17-4-6-19(7-5-17)29-24-20-16-27-12-8-18(20)9-13-28-24/h4-9,12-13,15-16,21,30H,1-3,10-11,14H2,(H,28,29)(H,32,33). The Morgan fingerprint density at radius 1 is 1.06 bits per heavy atom. The molecule has 0 aliphatic heterocycles. The molecular weight excluding hydrogens is 416 g/mol. The Labute approximate surface area is 192 Å². The second-order valence-corrected chi connectivity index (χ2v) is 8.88. The number of carboxylic acids is 1. The number of hydrogen-bond donors (Lipinski definition) is 3. The summed E-state index contributed by atoms with van der Waals surface area (Å²) in [6.07, 6.45) is 12.0. The fourth-order valence-electron chi connectivity index (χ4n) is 4.91. The largest absolute Gasteiger partial charge is 0.480 e. The van der Waals surface area contributed by atoms with Gasteiger partial charge < -0.3 is 15.7 Å². The van der Waals surface area contributed by atoms with Crippen LogP contribution in [0, 0.1) is 5.41 Å². The number of benzene rings is 1. The molecule has 1 fully saturated rings. The SMILES string of the molecule is O=C(O)C(Cc1ccc(Nc2nccc3ccncc23)cc1)NC1=CC(=O)C12CCCCC2. The summed E-state index contributed by atoms with van der Waals surface area (Å²) in [5, 5.41) is 18.3. The molecule has 0 radical (unpaired) electrons. The fraction of sp³-hybridized carbons (Fsp3) is 0.308. The summed E-state index contributed by atoms with van der Waals surface area (Å²) in [5.74, 6) is -0.0600. The third kappa shape index (κ3) is 4.06. The van der Waals surface area contributed by atoms with Crippen molar-refractivity contribution in [2.75, 3.05) is 5.32 Å². The molecule has 1 atom stereocenters. The molecule has 5 rings (SSSR count). The molecule has 0 amide bonds. The van der Waals surface area contributed by atoms with Gasteiger partial charge in [0.15, 0.2) is 5.78 Å². The molecule has 0 bridgehead atoms. The Morgan fingerprint density at radius 3 is 2.55 bits per heavy atom. The van der Waals surface area contributed by atoms with Gasteiger partial charge in [0.2, 0.25) is 0 Å². The summed E-state index contributed by atoms with van der Waals surface area (Å²) in [6.45, 7) is 0. The maximum Gasteiger partial charge on any atom is 0.326 e. The molecular formula is C26H26N4O3. The summed E-state index contributed by atoms with van der Waals surface area (Å²) in [5.41, 5.74) is 2.08. The molecule has 1 saturated carbocycles. The van der Waals surface area contributed by atoms with Crippen LogP contribution in [0.25, 0.3) is 10.8 Å². The zero-order chi connectivity index (χ0) is 22.8. The van der Waals surface area contributed by atoms with Crippen LogP contribution in [0.15, 0.2) is 66.8 Å². The minimum Gasteiger partial charge on any atom is -0.480 e.